The minimum Gasteiger partial charge on any atom is -0.310 e. The molecular weight excluding hydrogens is 809 g/mol. The predicted molar refractivity (Wildman–Crippen MR) is 280 cm³/mol. The normalized spacial score (nSPS) is 12.9. The summed E-state index contributed by atoms with van der Waals surface area (Å²) >= 11 is 0. The van der Waals surface area contributed by atoms with Gasteiger partial charge in [-0.1, -0.05) is 200 Å². The molecule has 2 nitrogen and oxygen atoms in total. The highest BCUT2D eigenvalue weighted by atomic mass is 15.1. The van der Waals surface area contributed by atoms with Crippen molar-refractivity contribution in [1.29, 1.82) is 0 Å². The molecule has 67 heavy (non-hydrogen) atoms. The molecule has 11 aromatic carbocycles. The summed E-state index contributed by atoms with van der Waals surface area (Å²) in [6.07, 6.45) is 0. The highest BCUT2D eigenvalue weighted by Gasteiger charge is 2.51. The van der Waals surface area contributed by atoms with E-state index >= 15 is 0 Å². The smallest absolute Gasteiger partial charge is 0.0726 e. The molecular formula is C65H42N2. The van der Waals surface area contributed by atoms with Gasteiger partial charge in [-0.3, -0.25) is 0 Å². The second kappa shape index (κ2) is 14.7. The Morgan fingerprint density at radius 1 is 0.313 bits per heavy atom. The number of benzene rings is 11. The van der Waals surface area contributed by atoms with Gasteiger partial charge in [-0.25, -0.2) is 0 Å². The summed E-state index contributed by atoms with van der Waals surface area (Å²) in [5, 5.41) is 4.97. The Morgan fingerprint density at radius 2 is 0.791 bits per heavy atom. The SMILES string of the molecule is c1ccc(-c2c(N(c3ccc(-c4ccc(-n5c6ccccc6c6ccccc65)cc4)cc3)c3ccc4c(c3)C3(c5ccccc5-c5ccccc53)c3ccccc3-4)ccc3ccccc23)cc1. The maximum absolute atomic E-state index is 2.50. The summed E-state index contributed by atoms with van der Waals surface area (Å²) in [6.45, 7) is 0. The molecule has 0 saturated heterocycles. The van der Waals surface area contributed by atoms with Crippen molar-refractivity contribution in [1.82, 2.24) is 4.57 Å². The van der Waals surface area contributed by atoms with E-state index in [-0.39, 0.29) is 0 Å². The molecule has 2 aliphatic rings. The Bertz CT molecular complexity index is 3800. The fraction of sp³-hybridized carbons (Fsp3) is 0.0154. The molecule has 0 saturated carbocycles. The molecule has 1 aromatic heterocycles. The number of anilines is 3. The zero-order chi connectivity index (χ0) is 44.1. The van der Waals surface area contributed by atoms with Gasteiger partial charge in [0.25, 0.3) is 0 Å². The first-order valence-corrected chi connectivity index (χ1v) is 23.3. The number of rotatable bonds is 6. The molecule has 1 spiro atoms. The number of fused-ring (bicyclic) bond motifs is 14. The fourth-order valence-electron chi connectivity index (χ4n) is 11.8. The Balaban J connectivity index is 0.954. The van der Waals surface area contributed by atoms with Crippen molar-refractivity contribution in [3.63, 3.8) is 0 Å². The molecule has 0 amide bonds. The van der Waals surface area contributed by atoms with E-state index in [0.29, 0.717) is 0 Å². The van der Waals surface area contributed by atoms with Crippen LogP contribution in [0.1, 0.15) is 22.3 Å². The van der Waals surface area contributed by atoms with Gasteiger partial charge < -0.3 is 9.47 Å². The molecule has 2 heteroatoms. The molecule has 2 aliphatic carbocycles. The largest absolute Gasteiger partial charge is 0.310 e. The summed E-state index contributed by atoms with van der Waals surface area (Å²) in [5.74, 6) is 0. The highest BCUT2D eigenvalue weighted by molar-refractivity contribution is 6.09. The zero-order valence-electron chi connectivity index (χ0n) is 36.6. The van der Waals surface area contributed by atoms with E-state index in [1.807, 2.05) is 0 Å². The summed E-state index contributed by atoms with van der Waals surface area (Å²) in [6, 6.07) is 94.3. The topological polar surface area (TPSA) is 8.17 Å². The first kappa shape index (κ1) is 37.6. The predicted octanol–water partition coefficient (Wildman–Crippen LogP) is 17.1. The number of hydrogen-bond acceptors (Lipinski definition) is 1. The van der Waals surface area contributed by atoms with Crippen LogP contribution in [-0.4, -0.2) is 4.57 Å². The first-order valence-electron chi connectivity index (χ1n) is 23.3. The molecule has 0 bridgehead atoms. The minimum absolute atomic E-state index is 0.457. The van der Waals surface area contributed by atoms with E-state index in [4.69, 9.17) is 0 Å². The molecule has 0 aliphatic heterocycles. The average Bonchev–Trinajstić information content (AvgIpc) is 4.01. The van der Waals surface area contributed by atoms with E-state index in [1.165, 1.54) is 99.3 Å². The van der Waals surface area contributed by atoms with Gasteiger partial charge in [0.05, 0.1) is 22.1 Å². The van der Waals surface area contributed by atoms with Crippen LogP contribution < -0.4 is 4.90 Å². The monoisotopic (exact) mass is 850 g/mol. The summed E-state index contributed by atoms with van der Waals surface area (Å²) in [5.41, 5.74) is 21.7. The van der Waals surface area contributed by atoms with Crippen molar-refractivity contribution in [3.05, 3.63) is 277 Å². The van der Waals surface area contributed by atoms with Crippen LogP contribution in [0, 0.1) is 0 Å². The van der Waals surface area contributed by atoms with Gasteiger partial charge in [-0.15, -0.1) is 0 Å². The lowest BCUT2D eigenvalue weighted by molar-refractivity contribution is 0.793. The summed E-state index contributed by atoms with van der Waals surface area (Å²) < 4.78 is 2.38. The average molecular weight is 851 g/mol. The summed E-state index contributed by atoms with van der Waals surface area (Å²) in [7, 11) is 0. The molecule has 312 valence electrons. The van der Waals surface area contributed by atoms with Crippen molar-refractivity contribution < 1.29 is 0 Å². The standard InChI is InChI=1S/C65H42N2/c1-2-17-46(18-3-1)64-50-19-5-4-16-45(50)34-41-63(64)66(47-35-30-43(31-36-47)44-32-37-48(38-33-44)67-61-28-14-9-23-55(61)56-24-10-15-29-62(56)67)49-39-40-54-53-22-8-13-27-59(53)65(60(54)42-49)57-25-11-6-20-51(57)52-21-7-12-26-58(52)65/h1-42H. The molecule has 14 rings (SSSR count). The molecule has 0 radical (unpaired) electrons. The molecule has 12 aromatic rings. The third-order valence-corrected chi connectivity index (χ3v) is 14.6. The van der Waals surface area contributed by atoms with Crippen molar-refractivity contribution in [2.24, 2.45) is 0 Å². The summed E-state index contributed by atoms with van der Waals surface area (Å²) in [4.78, 5) is 2.49. The van der Waals surface area contributed by atoms with Gasteiger partial charge >= 0.3 is 0 Å². The van der Waals surface area contributed by atoms with Crippen LogP contribution in [0.4, 0.5) is 17.1 Å². The Kier molecular flexibility index (Phi) is 8.23. The van der Waals surface area contributed by atoms with Gasteiger partial charge in [0.15, 0.2) is 0 Å². The maximum Gasteiger partial charge on any atom is 0.0726 e. The van der Waals surface area contributed by atoms with Crippen molar-refractivity contribution in [3.8, 4) is 50.2 Å². The molecule has 0 fully saturated rings. The van der Waals surface area contributed by atoms with Crippen molar-refractivity contribution >= 4 is 49.6 Å². The lowest BCUT2D eigenvalue weighted by Gasteiger charge is -2.33. The van der Waals surface area contributed by atoms with E-state index in [0.717, 1.165) is 22.7 Å². The van der Waals surface area contributed by atoms with Crippen LogP contribution >= 0.6 is 0 Å². The molecule has 0 atom stereocenters. The van der Waals surface area contributed by atoms with Crippen LogP contribution in [0.5, 0.6) is 0 Å². The van der Waals surface area contributed by atoms with Crippen LogP contribution in [0.3, 0.4) is 0 Å². The Morgan fingerprint density at radius 3 is 1.40 bits per heavy atom. The van der Waals surface area contributed by atoms with Crippen LogP contribution in [0.25, 0.3) is 82.8 Å². The molecule has 0 unspecified atom stereocenters. The lowest BCUT2D eigenvalue weighted by atomic mass is 9.70. The first-order chi connectivity index (χ1) is 33.3. The second-order valence-electron chi connectivity index (χ2n) is 18.0. The van der Waals surface area contributed by atoms with Gasteiger partial charge in [-0.2, -0.15) is 0 Å². The number of nitrogens with zero attached hydrogens (tertiary/aromatic N) is 2. The molecule has 0 N–H and O–H groups in total. The third kappa shape index (κ3) is 5.45. The number of aromatic nitrogens is 1. The van der Waals surface area contributed by atoms with E-state index in [9.17, 15) is 0 Å². The zero-order valence-corrected chi connectivity index (χ0v) is 36.6. The fourth-order valence-corrected chi connectivity index (χ4v) is 11.8. The van der Waals surface area contributed by atoms with Crippen LogP contribution in [0.15, 0.2) is 255 Å². The van der Waals surface area contributed by atoms with E-state index in [2.05, 4.69) is 264 Å². The van der Waals surface area contributed by atoms with Gasteiger partial charge in [0.2, 0.25) is 0 Å². The Labute approximate surface area is 389 Å². The third-order valence-electron chi connectivity index (χ3n) is 14.6. The van der Waals surface area contributed by atoms with Crippen LogP contribution in [0.2, 0.25) is 0 Å². The number of para-hydroxylation sites is 2. The quantitative estimate of drug-likeness (QED) is 0.162. The molecule has 1 heterocycles. The maximum atomic E-state index is 2.50. The van der Waals surface area contributed by atoms with E-state index in [1.54, 1.807) is 0 Å². The van der Waals surface area contributed by atoms with Gasteiger partial charge in [-0.05, 0) is 127 Å². The second-order valence-corrected chi connectivity index (χ2v) is 18.0. The lowest BCUT2D eigenvalue weighted by Crippen LogP contribution is -2.26. The van der Waals surface area contributed by atoms with Gasteiger partial charge in [0.1, 0.15) is 0 Å². The highest BCUT2D eigenvalue weighted by Crippen LogP contribution is 2.63. The van der Waals surface area contributed by atoms with Crippen molar-refractivity contribution in [2.75, 3.05) is 4.90 Å². The van der Waals surface area contributed by atoms with Gasteiger partial charge in [0, 0.05) is 33.4 Å². The Hall–Kier alpha value is -8.72. The number of hydrogen-bond donors (Lipinski definition) is 0. The van der Waals surface area contributed by atoms with Crippen molar-refractivity contribution in [2.45, 2.75) is 5.41 Å². The minimum atomic E-state index is -0.457. The van der Waals surface area contributed by atoms with Crippen LogP contribution in [-0.2, 0) is 5.41 Å². The van der Waals surface area contributed by atoms with E-state index < -0.39 is 5.41 Å².